The predicted octanol–water partition coefficient (Wildman–Crippen LogP) is 5.12. The quantitative estimate of drug-likeness (QED) is 0.542. The largest absolute Gasteiger partial charge is 0.443 e. The third kappa shape index (κ3) is 5.98. The normalized spacial score (nSPS) is 15.7. The highest BCUT2D eigenvalue weighted by Crippen LogP contribution is 2.34. The average molecular weight is 448 g/mol. The van der Waals surface area contributed by atoms with Crippen molar-refractivity contribution in [3.05, 3.63) is 67.0 Å². The molecular formula is C25H29N5O3. The highest BCUT2D eigenvalue weighted by Gasteiger charge is 2.33. The minimum Gasteiger partial charge on any atom is -0.443 e. The molecule has 0 saturated carbocycles. The first-order chi connectivity index (χ1) is 15.9. The molecule has 1 aromatic carbocycles. The summed E-state index contributed by atoms with van der Waals surface area (Å²) in [6.07, 6.45) is 3.79. The van der Waals surface area contributed by atoms with Gasteiger partial charge in [-0.25, -0.2) is 14.8 Å². The van der Waals surface area contributed by atoms with Crippen molar-refractivity contribution >= 4 is 23.3 Å². The number of ether oxygens (including phenoxy) is 2. The fraction of sp³-hybridized carbons (Fsp3) is 0.320. The van der Waals surface area contributed by atoms with E-state index in [1.54, 1.807) is 23.4 Å². The van der Waals surface area contributed by atoms with Crippen LogP contribution < -0.4 is 20.3 Å². The molecule has 0 spiro atoms. The molecule has 1 saturated heterocycles. The van der Waals surface area contributed by atoms with Gasteiger partial charge in [-0.05, 0) is 82.3 Å². The summed E-state index contributed by atoms with van der Waals surface area (Å²) in [7, 11) is 0. The lowest BCUT2D eigenvalue weighted by molar-refractivity contribution is 0.0566. The van der Waals surface area contributed by atoms with Gasteiger partial charge in [-0.2, -0.15) is 0 Å². The maximum Gasteiger partial charge on any atom is 0.415 e. The summed E-state index contributed by atoms with van der Waals surface area (Å²) < 4.78 is 11.8. The van der Waals surface area contributed by atoms with Crippen LogP contribution in [0.25, 0.3) is 0 Å². The summed E-state index contributed by atoms with van der Waals surface area (Å²) in [5, 5.41) is 6.55. The number of rotatable bonds is 6. The second-order valence-corrected chi connectivity index (χ2v) is 8.79. The van der Waals surface area contributed by atoms with E-state index in [1.807, 2.05) is 69.3 Å². The number of nitrogens with zero attached hydrogens (tertiary/aromatic N) is 3. The monoisotopic (exact) mass is 447 g/mol. The van der Waals surface area contributed by atoms with Gasteiger partial charge in [0.1, 0.15) is 22.9 Å². The van der Waals surface area contributed by atoms with Crippen molar-refractivity contribution in [2.45, 2.75) is 38.8 Å². The van der Waals surface area contributed by atoms with Gasteiger partial charge in [0.15, 0.2) is 0 Å². The lowest BCUT2D eigenvalue weighted by Gasteiger charge is -2.31. The van der Waals surface area contributed by atoms with Gasteiger partial charge in [-0.3, -0.25) is 4.90 Å². The zero-order chi connectivity index (χ0) is 23.3. The van der Waals surface area contributed by atoms with Gasteiger partial charge in [0, 0.05) is 24.6 Å². The highest BCUT2D eigenvalue weighted by molar-refractivity contribution is 5.90. The standard InChI is InChI=1S/C25H29N5O3/c1-25(2,3)33-24(31)30(19-13-16-26-17-19)21-7-6-15-28-23(21)32-20-11-9-18(10-12-20)29-22-8-4-5-14-27-22/h4-12,14-15,19,26H,13,16-17H2,1-3H3,(H,27,29)/t19-/m0/s1. The molecule has 1 aliphatic heterocycles. The number of amides is 1. The summed E-state index contributed by atoms with van der Waals surface area (Å²) in [4.78, 5) is 23.5. The van der Waals surface area contributed by atoms with Crippen molar-refractivity contribution in [3.8, 4) is 11.6 Å². The van der Waals surface area contributed by atoms with Gasteiger partial charge in [0.05, 0.1) is 6.04 Å². The smallest absolute Gasteiger partial charge is 0.415 e. The van der Waals surface area contributed by atoms with Gasteiger partial charge in [-0.1, -0.05) is 6.07 Å². The molecule has 2 aromatic heterocycles. The van der Waals surface area contributed by atoms with Crippen LogP contribution in [-0.4, -0.2) is 40.8 Å². The van der Waals surface area contributed by atoms with Crippen molar-refractivity contribution in [1.82, 2.24) is 15.3 Å². The third-order valence-corrected chi connectivity index (χ3v) is 5.01. The molecule has 1 atom stereocenters. The topological polar surface area (TPSA) is 88.6 Å². The van der Waals surface area contributed by atoms with Crippen LogP contribution in [-0.2, 0) is 4.74 Å². The molecule has 4 rings (SSSR count). The molecule has 0 radical (unpaired) electrons. The van der Waals surface area contributed by atoms with Crippen LogP contribution in [0.1, 0.15) is 27.2 Å². The molecule has 1 aliphatic rings. The van der Waals surface area contributed by atoms with E-state index in [4.69, 9.17) is 9.47 Å². The van der Waals surface area contributed by atoms with E-state index < -0.39 is 11.7 Å². The van der Waals surface area contributed by atoms with Gasteiger partial charge in [0.2, 0.25) is 5.88 Å². The van der Waals surface area contributed by atoms with E-state index in [-0.39, 0.29) is 6.04 Å². The number of aromatic nitrogens is 2. The van der Waals surface area contributed by atoms with Gasteiger partial charge < -0.3 is 20.1 Å². The second kappa shape index (κ2) is 9.87. The van der Waals surface area contributed by atoms with Crippen molar-refractivity contribution in [2.24, 2.45) is 0 Å². The van der Waals surface area contributed by atoms with Gasteiger partial charge in [-0.15, -0.1) is 0 Å². The fourth-order valence-corrected chi connectivity index (χ4v) is 3.56. The highest BCUT2D eigenvalue weighted by atomic mass is 16.6. The Labute approximate surface area is 194 Å². The summed E-state index contributed by atoms with van der Waals surface area (Å²) in [5.74, 6) is 1.72. The molecule has 8 nitrogen and oxygen atoms in total. The predicted molar refractivity (Wildman–Crippen MR) is 128 cm³/mol. The Balaban J connectivity index is 1.56. The Kier molecular flexibility index (Phi) is 6.74. The molecular weight excluding hydrogens is 418 g/mol. The molecule has 0 aliphatic carbocycles. The summed E-state index contributed by atoms with van der Waals surface area (Å²) in [6, 6.07) is 16.8. The van der Waals surface area contributed by atoms with Gasteiger partial charge >= 0.3 is 6.09 Å². The first-order valence-electron chi connectivity index (χ1n) is 11.0. The number of anilines is 3. The minimum absolute atomic E-state index is 0.0450. The third-order valence-electron chi connectivity index (χ3n) is 5.01. The van der Waals surface area contributed by atoms with E-state index in [0.717, 1.165) is 24.5 Å². The Bertz CT molecular complexity index is 1060. The lowest BCUT2D eigenvalue weighted by atomic mass is 10.2. The molecule has 33 heavy (non-hydrogen) atoms. The number of hydrogen-bond acceptors (Lipinski definition) is 7. The molecule has 8 heteroatoms. The summed E-state index contributed by atoms with van der Waals surface area (Å²) in [6.45, 7) is 7.10. The van der Waals surface area contributed by atoms with Crippen LogP contribution in [0, 0.1) is 0 Å². The minimum atomic E-state index is -0.610. The van der Waals surface area contributed by atoms with Crippen molar-refractivity contribution in [1.29, 1.82) is 0 Å². The zero-order valence-electron chi connectivity index (χ0n) is 19.1. The zero-order valence-corrected chi connectivity index (χ0v) is 19.1. The first kappa shape index (κ1) is 22.5. The number of carbonyl (C=O) groups excluding carboxylic acids is 1. The molecule has 3 aromatic rings. The van der Waals surface area contributed by atoms with E-state index in [1.165, 1.54) is 0 Å². The van der Waals surface area contributed by atoms with Crippen molar-refractivity contribution in [3.63, 3.8) is 0 Å². The molecule has 0 unspecified atom stereocenters. The summed E-state index contributed by atoms with van der Waals surface area (Å²) >= 11 is 0. The Morgan fingerprint density at radius 2 is 1.85 bits per heavy atom. The van der Waals surface area contributed by atoms with E-state index in [0.29, 0.717) is 23.9 Å². The fourth-order valence-electron chi connectivity index (χ4n) is 3.56. The van der Waals surface area contributed by atoms with E-state index in [2.05, 4.69) is 20.6 Å². The molecule has 3 heterocycles. The second-order valence-electron chi connectivity index (χ2n) is 8.79. The number of nitrogens with one attached hydrogen (secondary N) is 2. The van der Waals surface area contributed by atoms with E-state index >= 15 is 0 Å². The van der Waals surface area contributed by atoms with Crippen molar-refractivity contribution in [2.75, 3.05) is 23.3 Å². The lowest BCUT2D eigenvalue weighted by Crippen LogP contribution is -2.44. The van der Waals surface area contributed by atoms with Crippen LogP contribution >= 0.6 is 0 Å². The average Bonchev–Trinajstić information content (AvgIpc) is 3.30. The maximum absolute atomic E-state index is 13.1. The maximum atomic E-state index is 13.1. The van der Waals surface area contributed by atoms with Crippen LogP contribution in [0.2, 0.25) is 0 Å². The van der Waals surface area contributed by atoms with Crippen LogP contribution in [0.3, 0.4) is 0 Å². The number of benzene rings is 1. The Morgan fingerprint density at radius 3 is 2.52 bits per heavy atom. The Morgan fingerprint density at radius 1 is 1.06 bits per heavy atom. The molecule has 2 N–H and O–H groups in total. The van der Waals surface area contributed by atoms with Crippen LogP contribution in [0.4, 0.5) is 22.0 Å². The van der Waals surface area contributed by atoms with Crippen LogP contribution in [0.15, 0.2) is 67.0 Å². The van der Waals surface area contributed by atoms with Crippen LogP contribution in [0.5, 0.6) is 11.6 Å². The van der Waals surface area contributed by atoms with E-state index in [9.17, 15) is 4.79 Å². The summed E-state index contributed by atoms with van der Waals surface area (Å²) in [5.41, 5.74) is 0.854. The molecule has 1 fully saturated rings. The number of pyridine rings is 2. The molecule has 172 valence electrons. The Hall–Kier alpha value is -3.65. The van der Waals surface area contributed by atoms with Gasteiger partial charge in [0.25, 0.3) is 0 Å². The number of carbonyl (C=O) groups is 1. The molecule has 0 bridgehead atoms. The number of hydrogen-bond donors (Lipinski definition) is 2. The first-order valence-corrected chi connectivity index (χ1v) is 11.0. The van der Waals surface area contributed by atoms with Crippen molar-refractivity contribution < 1.29 is 14.3 Å². The molecule has 1 amide bonds. The SMILES string of the molecule is CC(C)(C)OC(=O)N(c1cccnc1Oc1ccc(Nc2ccccn2)cc1)[C@H]1CCNC1.